The molecule has 0 amide bonds. The Hall–Kier alpha value is -3.53. The quantitative estimate of drug-likeness (QED) is 0.408. The average Bonchev–Trinajstić information content (AvgIpc) is 3.09. The minimum Gasteiger partial charge on any atom is -0.255 e. The molecule has 0 N–H and O–H groups in total. The summed E-state index contributed by atoms with van der Waals surface area (Å²) in [7, 11) is 0. The Morgan fingerprint density at radius 1 is 0.852 bits per heavy atom. The summed E-state index contributed by atoms with van der Waals surface area (Å²) in [6.07, 6.45) is 1.83. The van der Waals surface area contributed by atoms with Gasteiger partial charge in [0.15, 0.2) is 0 Å². The normalized spacial score (nSPS) is 11.3. The number of fused-ring (bicyclic) bond motifs is 3. The van der Waals surface area contributed by atoms with Gasteiger partial charge < -0.3 is 0 Å². The number of nitrogens with zero attached hydrogens (tertiary/aromatic N) is 3. The van der Waals surface area contributed by atoms with Crippen LogP contribution in [0.15, 0.2) is 79.0 Å². The van der Waals surface area contributed by atoms with Crippen LogP contribution in [0.1, 0.15) is 5.56 Å². The largest absolute Gasteiger partial charge is 0.255 e. The third-order valence-corrected chi connectivity index (χ3v) is 4.79. The van der Waals surface area contributed by atoms with Gasteiger partial charge in [-0.2, -0.15) is 5.10 Å². The van der Waals surface area contributed by atoms with Gasteiger partial charge in [-0.05, 0) is 37.3 Å². The second-order valence-electron chi connectivity index (χ2n) is 6.64. The summed E-state index contributed by atoms with van der Waals surface area (Å²) < 4.78 is 15.9. The lowest BCUT2D eigenvalue weighted by Gasteiger charge is -2.06. The molecule has 0 saturated heterocycles. The zero-order chi connectivity index (χ0) is 18.4. The highest BCUT2D eigenvalue weighted by Gasteiger charge is 2.17. The second kappa shape index (κ2) is 6.02. The molecule has 2 aromatic heterocycles. The van der Waals surface area contributed by atoms with E-state index in [9.17, 15) is 4.39 Å². The molecule has 27 heavy (non-hydrogen) atoms. The Balaban J connectivity index is 1.92. The molecule has 0 unspecified atom stereocenters. The highest BCUT2D eigenvalue weighted by Crippen LogP contribution is 2.33. The standard InChI is InChI=1S/C23H16FN3/c1-15-7-10-18(11-8-15)27-23-19-13-17(24)9-12-21(19)25-14-20(23)22(26-27)16-5-3-2-4-6-16/h2-14H,1H3. The fourth-order valence-corrected chi connectivity index (χ4v) is 3.44. The van der Waals surface area contributed by atoms with Crippen LogP contribution in [0.4, 0.5) is 4.39 Å². The van der Waals surface area contributed by atoms with Crippen molar-refractivity contribution in [3.63, 3.8) is 0 Å². The minimum absolute atomic E-state index is 0.283. The van der Waals surface area contributed by atoms with Crippen LogP contribution >= 0.6 is 0 Å². The number of hydrogen-bond acceptors (Lipinski definition) is 2. The maximum absolute atomic E-state index is 14.0. The predicted molar refractivity (Wildman–Crippen MR) is 107 cm³/mol. The molecule has 3 nitrogen and oxygen atoms in total. The van der Waals surface area contributed by atoms with Crippen molar-refractivity contribution in [2.24, 2.45) is 0 Å². The SMILES string of the molecule is Cc1ccc(-n2nc(-c3ccccc3)c3cnc4ccc(F)cc4c32)cc1. The van der Waals surface area contributed by atoms with E-state index in [0.717, 1.165) is 38.8 Å². The van der Waals surface area contributed by atoms with Gasteiger partial charge in [0.2, 0.25) is 0 Å². The molecule has 0 aliphatic carbocycles. The van der Waals surface area contributed by atoms with Gasteiger partial charge in [-0.1, -0.05) is 48.0 Å². The van der Waals surface area contributed by atoms with E-state index in [1.54, 1.807) is 6.07 Å². The lowest BCUT2D eigenvalue weighted by molar-refractivity contribution is 0.629. The fourth-order valence-electron chi connectivity index (χ4n) is 3.44. The third-order valence-electron chi connectivity index (χ3n) is 4.79. The molecule has 0 radical (unpaired) electrons. The summed E-state index contributed by atoms with van der Waals surface area (Å²) in [4.78, 5) is 4.54. The van der Waals surface area contributed by atoms with Gasteiger partial charge >= 0.3 is 0 Å². The Morgan fingerprint density at radius 3 is 2.41 bits per heavy atom. The Bertz CT molecular complexity index is 1270. The number of aryl methyl sites for hydroxylation is 1. The van der Waals surface area contributed by atoms with E-state index in [-0.39, 0.29) is 5.82 Å². The van der Waals surface area contributed by atoms with Gasteiger partial charge in [0.1, 0.15) is 11.5 Å². The van der Waals surface area contributed by atoms with Crippen molar-refractivity contribution in [2.45, 2.75) is 6.92 Å². The zero-order valence-corrected chi connectivity index (χ0v) is 14.7. The maximum atomic E-state index is 14.0. The van der Waals surface area contributed by atoms with Gasteiger partial charge in [-0.3, -0.25) is 4.98 Å². The monoisotopic (exact) mass is 353 g/mol. The first-order valence-corrected chi connectivity index (χ1v) is 8.80. The number of hydrogen-bond donors (Lipinski definition) is 0. The summed E-state index contributed by atoms with van der Waals surface area (Å²) in [6.45, 7) is 2.05. The Morgan fingerprint density at radius 2 is 1.63 bits per heavy atom. The number of aromatic nitrogens is 3. The number of halogens is 1. The highest BCUT2D eigenvalue weighted by atomic mass is 19.1. The number of benzene rings is 3. The molecular formula is C23H16FN3. The zero-order valence-electron chi connectivity index (χ0n) is 14.7. The van der Waals surface area contributed by atoms with Gasteiger partial charge in [0.25, 0.3) is 0 Å². The first-order chi connectivity index (χ1) is 13.2. The molecule has 0 bridgehead atoms. The maximum Gasteiger partial charge on any atom is 0.124 e. The summed E-state index contributed by atoms with van der Waals surface area (Å²) >= 11 is 0. The minimum atomic E-state index is -0.283. The topological polar surface area (TPSA) is 30.7 Å². The van der Waals surface area contributed by atoms with E-state index in [4.69, 9.17) is 5.10 Å². The fraction of sp³-hybridized carbons (Fsp3) is 0.0435. The molecule has 5 aromatic rings. The smallest absolute Gasteiger partial charge is 0.124 e. The first-order valence-electron chi connectivity index (χ1n) is 8.80. The van der Waals surface area contributed by atoms with Crippen molar-refractivity contribution in [1.29, 1.82) is 0 Å². The van der Waals surface area contributed by atoms with E-state index in [0.29, 0.717) is 0 Å². The summed E-state index contributed by atoms with van der Waals surface area (Å²) in [5.41, 5.74) is 5.57. The summed E-state index contributed by atoms with van der Waals surface area (Å²) in [6, 6.07) is 22.8. The van der Waals surface area contributed by atoms with E-state index >= 15 is 0 Å². The van der Waals surface area contributed by atoms with E-state index < -0.39 is 0 Å². The van der Waals surface area contributed by atoms with Gasteiger partial charge in [-0.25, -0.2) is 9.07 Å². The second-order valence-corrected chi connectivity index (χ2v) is 6.64. The first kappa shape index (κ1) is 15.7. The lowest BCUT2D eigenvalue weighted by Crippen LogP contribution is -1.97. The van der Waals surface area contributed by atoms with Crippen molar-refractivity contribution < 1.29 is 4.39 Å². The molecule has 2 heterocycles. The molecule has 0 aliphatic rings. The van der Waals surface area contributed by atoms with Crippen LogP contribution in [-0.4, -0.2) is 14.8 Å². The van der Waals surface area contributed by atoms with E-state index in [1.807, 2.05) is 53.3 Å². The van der Waals surface area contributed by atoms with Crippen LogP contribution in [0.2, 0.25) is 0 Å². The van der Waals surface area contributed by atoms with Gasteiger partial charge in [0.05, 0.1) is 16.7 Å². The Kier molecular flexibility index (Phi) is 3.50. The summed E-state index contributed by atoms with van der Waals surface area (Å²) in [5.74, 6) is -0.283. The molecule has 4 heteroatoms. The predicted octanol–water partition coefficient (Wildman–Crippen LogP) is 5.69. The molecule has 130 valence electrons. The molecule has 0 saturated carbocycles. The van der Waals surface area contributed by atoms with Crippen molar-refractivity contribution in [3.8, 4) is 16.9 Å². The lowest BCUT2D eigenvalue weighted by atomic mass is 10.1. The van der Waals surface area contributed by atoms with Crippen molar-refractivity contribution in [3.05, 3.63) is 90.4 Å². The third kappa shape index (κ3) is 2.57. The van der Waals surface area contributed by atoms with Crippen molar-refractivity contribution in [2.75, 3.05) is 0 Å². The van der Waals surface area contributed by atoms with Crippen LogP contribution in [0.3, 0.4) is 0 Å². The van der Waals surface area contributed by atoms with Crippen LogP contribution in [0.5, 0.6) is 0 Å². The number of pyridine rings is 1. The molecule has 0 aliphatic heterocycles. The van der Waals surface area contributed by atoms with Crippen LogP contribution in [0, 0.1) is 12.7 Å². The molecule has 3 aromatic carbocycles. The summed E-state index contributed by atoms with van der Waals surface area (Å²) in [5, 5.41) is 6.55. The van der Waals surface area contributed by atoms with Crippen molar-refractivity contribution >= 4 is 21.8 Å². The molecule has 0 atom stereocenters. The van der Waals surface area contributed by atoms with Gasteiger partial charge in [-0.15, -0.1) is 0 Å². The number of rotatable bonds is 2. The van der Waals surface area contributed by atoms with Crippen molar-refractivity contribution in [1.82, 2.24) is 14.8 Å². The van der Waals surface area contributed by atoms with Gasteiger partial charge in [0, 0.05) is 22.5 Å². The highest BCUT2D eigenvalue weighted by molar-refractivity contribution is 6.08. The van der Waals surface area contributed by atoms with Crippen LogP contribution in [0.25, 0.3) is 38.8 Å². The Labute approximate surface area is 155 Å². The molecule has 0 spiro atoms. The van der Waals surface area contributed by atoms with Crippen LogP contribution < -0.4 is 0 Å². The van der Waals surface area contributed by atoms with E-state index in [2.05, 4.69) is 24.0 Å². The van der Waals surface area contributed by atoms with E-state index in [1.165, 1.54) is 17.7 Å². The average molecular weight is 353 g/mol. The molecular weight excluding hydrogens is 337 g/mol. The molecule has 5 rings (SSSR count). The molecule has 0 fully saturated rings. The van der Waals surface area contributed by atoms with Crippen LogP contribution in [-0.2, 0) is 0 Å².